The van der Waals surface area contributed by atoms with Crippen LogP contribution in [0.25, 0.3) is 0 Å². The van der Waals surface area contributed by atoms with Gasteiger partial charge in [0.1, 0.15) is 12.3 Å². The van der Waals surface area contributed by atoms with Gasteiger partial charge in [-0.05, 0) is 18.4 Å². The molecule has 0 radical (unpaired) electrons. The lowest BCUT2D eigenvalue weighted by Crippen LogP contribution is -2.62. The van der Waals surface area contributed by atoms with Crippen molar-refractivity contribution in [2.75, 3.05) is 32.7 Å². The number of carboxylic acid groups (broad SMARTS) is 1. The molecule has 23 heavy (non-hydrogen) atoms. The van der Waals surface area contributed by atoms with Gasteiger partial charge in [-0.15, -0.1) is 0 Å². The van der Waals surface area contributed by atoms with E-state index in [1.807, 2.05) is 23.1 Å². The van der Waals surface area contributed by atoms with Crippen molar-refractivity contribution in [3.63, 3.8) is 0 Å². The van der Waals surface area contributed by atoms with Crippen LogP contribution in [0.3, 0.4) is 0 Å². The minimum atomic E-state index is -1.08. The summed E-state index contributed by atoms with van der Waals surface area (Å²) in [6, 6.07) is 10.3. The minimum absolute atomic E-state index is 0.435. The summed E-state index contributed by atoms with van der Waals surface area (Å²) in [4.78, 5) is 17.0. The van der Waals surface area contributed by atoms with E-state index >= 15 is 0 Å². The predicted octanol–water partition coefficient (Wildman–Crippen LogP) is 2.24. The van der Waals surface area contributed by atoms with E-state index < -0.39 is 18.4 Å². The summed E-state index contributed by atoms with van der Waals surface area (Å²) in [5, 5.41) is 9.33. The van der Waals surface area contributed by atoms with Crippen LogP contribution in [0, 0.1) is 0 Å². The van der Waals surface area contributed by atoms with Crippen LogP contribution in [-0.4, -0.2) is 71.0 Å². The molecule has 0 spiro atoms. The predicted molar refractivity (Wildman–Crippen MR) is 85.9 cm³/mol. The van der Waals surface area contributed by atoms with Crippen molar-refractivity contribution < 1.29 is 14.3 Å². The highest BCUT2D eigenvalue weighted by atomic mass is 19.1. The van der Waals surface area contributed by atoms with Crippen LogP contribution in [0.1, 0.15) is 18.4 Å². The van der Waals surface area contributed by atoms with Crippen molar-refractivity contribution in [1.29, 1.82) is 0 Å². The van der Waals surface area contributed by atoms with Gasteiger partial charge in [-0.3, -0.25) is 14.7 Å². The number of halogens is 1. The molecule has 2 atom stereocenters. The van der Waals surface area contributed by atoms with E-state index in [1.165, 1.54) is 10.5 Å². The van der Waals surface area contributed by atoms with E-state index in [0.29, 0.717) is 32.5 Å². The number of piperidine rings is 1. The summed E-state index contributed by atoms with van der Waals surface area (Å²) in [7, 11) is 0. The number of carbonyl (C=O) groups is 1. The number of amides is 1. The third-order valence-electron chi connectivity index (χ3n) is 4.80. The summed E-state index contributed by atoms with van der Waals surface area (Å²) in [5.41, 5.74) is 1.27. The first-order valence-corrected chi connectivity index (χ1v) is 8.29. The second-order valence-electron chi connectivity index (χ2n) is 6.35. The van der Waals surface area contributed by atoms with Crippen LogP contribution in [-0.2, 0) is 6.54 Å². The molecule has 3 rings (SSSR count). The SMILES string of the molecule is O=C(O)N1CCCC(F)C1N1CCN(Cc2ccccc2)CC1. The van der Waals surface area contributed by atoms with Crippen molar-refractivity contribution in [2.45, 2.75) is 31.7 Å². The van der Waals surface area contributed by atoms with Crippen molar-refractivity contribution in [1.82, 2.24) is 14.7 Å². The standard InChI is InChI=1S/C17H24FN3O2/c18-15-7-4-8-21(17(22)23)16(15)20-11-9-19(10-12-20)13-14-5-2-1-3-6-14/h1-3,5-6,15-16H,4,7-13H2,(H,22,23). The number of piperazine rings is 1. The molecule has 6 heteroatoms. The molecule has 1 aromatic rings. The largest absolute Gasteiger partial charge is 0.465 e. The van der Waals surface area contributed by atoms with Gasteiger partial charge >= 0.3 is 6.09 Å². The van der Waals surface area contributed by atoms with E-state index in [-0.39, 0.29) is 0 Å². The number of nitrogens with zero attached hydrogens (tertiary/aromatic N) is 3. The fourth-order valence-electron chi connectivity index (χ4n) is 3.60. The van der Waals surface area contributed by atoms with Gasteiger partial charge in [0, 0.05) is 39.3 Å². The molecule has 1 amide bonds. The topological polar surface area (TPSA) is 47.0 Å². The van der Waals surface area contributed by atoms with Crippen LogP contribution < -0.4 is 0 Å². The molecule has 2 saturated heterocycles. The van der Waals surface area contributed by atoms with Gasteiger partial charge in [-0.2, -0.15) is 0 Å². The lowest BCUT2D eigenvalue weighted by molar-refractivity contribution is -0.0480. The number of hydrogen-bond acceptors (Lipinski definition) is 3. The van der Waals surface area contributed by atoms with Gasteiger partial charge < -0.3 is 5.11 Å². The molecule has 0 aliphatic carbocycles. The van der Waals surface area contributed by atoms with Crippen LogP contribution in [0.4, 0.5) is 9.18 Å². The second kappa shape index (κ2) is 7.27. The Labute approximate surface area is 136 Å². The van der Waals surface area contributed by atoms with E-state index in [0.717, 1.165) is 19.6 Å². The van der Waals surface area contributed by atoms with Crippen molar-refractivity contribution in [2.24, 2.45) is 0 Å². The zero-order valence-electron chi connectivity index (χ0n) is 13.3. The Morgan fingerprint density at radius 2 is 1.83 bits per heavy atom. The van der Waals surface area contributed by atoms with Gasteiger partial charge in [0.25, 0.3) is 0 Å². The molecule has 2 fully saturated rings. The Kier molecular flexibility index (Phi) is 5.13. The molecule has 126 valence electrons. The molecule has 2 aliphatic rings. The van der Waals surface area contributed by atoms with Crippen molar-refractivity contribution in [3.05, 3.63) is 35.9 Å². The first kappa shape index (κ1) is 16.2. The quantitative estimate of drug-likeness (QED) is 0.927. The van der Waals surface area contributed by atoms with Crippen LogP contribution in [0.5, 0.6) is 0 Å². The maximum atomic E-state index is 14.3. The van der Waals surface area contributed by atoms with Crippen LogP contribution >= 0.6 is 0 Å². The average molecular weight is 321 g/mol. The summed E-state index contributed by atoms with van der Waals surface area (Å²) >= 11 is 0. The molecular weight excluding hydrogens is 297 g/mol. The summed E-state index contributed by atoms with van der Waals surface area (Å²) in [6.07, 6.45) is -1.64. The Morgan fingerprint density at radius 1 is 1.13 bits per heavy atom. The van der Waals surface area contributed by atoms with E-state index in [4.69, 9.17) is 0 Å². The molecule has 0 bridgehead atoms. The smallest absolute Gasteiger partial charge is 0.408 e. The summed E-state index contributed by atoms with van der Waals surface area (Å²) in [5.74, 6) is 0. The highest BCUT2D eigenvalue weighted by Crippen LogP contribution is 2.25. The zero-order valence-corrected chi connectivity index (χ0v) is 13.3. The lowest BCUT2D eigenvalue weighted by atomic mass is 10.0. The molecule has 2 heterocycles. The van der Waals surface area contributed by atoms with E-state index in [1.54, 1.807) is 0 Å². The molecule has 0 saturated carbocycles. The third-order valence-corrected chi connectivity index (χ3v) is 4.80. The molecule has 2 aliphatic heterocycles. The van der Waals surface area contributed by atoms with Gasteiger partial charge in [0.2, 0.25) is 0 Å². The van der Waals surface area contributed by atoms with Gasteiger partial charge in [-0.1, -0.05) is 30.3 Å². The Morgan fingerprint density at radius 3 is 2.48 bits per heavy atom. The number of hydrogen-bond donors (Lipinski definition) is 1. The Balaban J connectivity index is 1.58. The van der Waals surface area contributed by atoms with E-state index in [9.17, 15) is 14.3 Å². The van der Waals surface area contributed by atoms with Crippen molar-refractivity contribution >= 4 is 6.09 Å². The monoisotopic (exact) mass is 321 g/mol. The number of rotatable bonds is 3. The molecular formula is C17H24FN3O2. The second-order valence-corrected chi connectivity index (χ2v) is 6.35. The molecule has 1 aromatic carbocycles. The van der Waals surface area contributed by atoms with Crippen LogP contribution in [0.15, 0.2) is 30.3 Å². The van der Waals surface area contributed by atoms with E-state index in [2.05, 4.69) is 17.0 Å². The fourth-order valence-corrected chi connectivity index (χ4v) is 3.60. The first-order valence-electron chi connectivity index (χ1n) is 8.29. The number of likely N-dealkylation sites (tertiary alicyclic amines) is 1. The minimum Gasteiger partial charge on any atom is -0.465 e. The fraction of sp³-hybridized carbons (Fsp3) is 0.588. The third kappa shape index (κ3) is 3.82. The maximum Gasteiger partial charge on any atom is 0.408 e. The maximum absolute atomic E-state index is 14.3. The Hall–Kier alpha value is -1.66. The van der Waals surface area contributed by atoms with Gasteiger partial charge in [-0.25, -0.2) is 9.18 Å². The Bertz CT molecular complexity index is 520. The average Bonchev–Trinajstić information content (AvgIpc) is 2.56. The molecule has 1 N–H and O–H groups in total. The molecule has 0 aromatic heterocycles. The normalized spacial score (nSPS) is 27.1. The highest BCUT2D eigenvalue weighted by molar-refractivity contribution is 5.65. The highest BCUT2D eigenvalue weighted by Gasteiger charge is 2.39. The number of alkyl halides is 1. The molecule has 5 nitrogen and oxygen atoms in total. The summed E-state index contributed by atoms with van der Waals surface area (Å²) < 4.78 is 14.3. The van der Waals surface area contributed by atoms with Crippen LogP contribution in [0.2, 0.25) is 0 Å². The molecule has 2 unspecified atom stereocenters. The lowest BCUT2D eigenvalue weighted by Gasteiger charge is -2.46. The zero-order chi connectivity index (χ0) is 16.2. The van der Waals surface area contributed by atoms with Crippen molar-refractivity contribution in [3.8, 4) is 0 Å². The summed E-state index contributed by atoms with van der Waals surface area (Å²) in [6.45, 7) is 4.42. The number of benzene rings is 1. The van der Waals surface area contributed by atoms with Gasteiger partial charge in [0.15, 0.2) is 0 Å². The van der Waals surface area contributed by atoms with Gasteiger partial charge in [0.05, 0.1) is 0 Å². The first-order chi connectivity index (χ1) is 11.1.